The fraction of sp³-hybridized carbons (Fsp3) is 0.571. The molecule has 0 radical (unpaired) electrons. The summed E-state index contributed by atoms with van der Waals surface area (Å²) in [5, 5.41) is 0. The summed E-state index contributed by atoms with van der Waals surface area (Å²) < 4.78 is 19.6. The lowest BCUT2D eigenvalue weighted by Crippen LogP contribution is -2.15. The van der Waals surface area contributed by atoms with Crippen LogP contribution in [0, 0.1) is 0 Å². The lowest BCUT2D eigenvalue weighted by atomic mass is 10.5. The highest BCUT2D eigenvalue weighted by atomic mass is 19.1. The van der Waals surface area contributed by atoms with Crippen molar-refractivity contribution in [3.8, 4) is 0 Å². The van der Waals surface area contributed by atoms with Gasteiger partial charge in [0.25, 0.3) is 0 Å². The number of halogens is 1. The molecule has 0 amide bonds. The van der Waals surface area contributed by atoms with Gasteiger partial charge in [-0.05, 0) is 13.8 Å². The number of carbonyl (C=O) groups excluding carboxylic acids is 1. The molecule has 3 heteroatoms. The van der Waals surface area contributed by atoms with Gasteiger partial charge in [-0.25, -0.2) is 4.39 Å². The first-order chi connectivity index (χ1) is 5.17. The summed E-state index contributed by atoms with van der Waals surface area (Å²) in [6.07, 6.45) is -0.272. The van der Waals surface area contributed by atoms with Crippen LogP contribution in [0.5, 0.6) is 0 Å². The van der Waals surface area contributed by atoms with Crippen LogP contribution in [0.2, 0.25) is 0 Å². The van der Waals surface area contributed by atoms with Gasteiger partial charge in [-0.15, -0.1) is 0 Å². The fourth-order valence-corrected chi connectivity index (χ4v) is 0.559. The molecule has 0 bridgehead atoms. The maximum atomic E-state index is 12.4. The first-order valence-electron chi connectivity index (χ1n) is 3.73. The fourth-order valence-electron chi connectivity index (χ4n) is 0.559. The lowest BCUT2D eigenvalue weighted by Gasteiger charge is -2.13. The molecule has 2 nitrogen and oxygen atoms in total. The van der Waals surface area contributed by atoms with E-state index in [-0.39, 0.29) is 12.5 Å². The van der Waals surface area contributed by atoms with E-state index in [4.69, 9.17) is 1.37 Å². The highest BCUT2D eigenvalue weighted by Gasteiger charge is 1.94. The van der Waals surface area contributed by atoms with E-state index in [2.05, 4.69) is 0 Å². The number of allylic oxidation sites excluding steroid dienone is 1. The Bertz CT molecular complexity index is 166. The Morgan fingerprint density at radius 1 is 1.70 bits per heavy atom. The van der Waals surface area contributed by atoms with Crippen LogP contribution in [0.25, 0.3) is 0 Å². The molecule has 0 aliphatic carbocycles. The predicted molar refractivity (Wildman–Crippen MR) is 38.2 cm³/mol. The minimum atomic E-state index is -1.01. The molecule has 0 fully saturated rings. The smallest absolute Gasteiger partial charge is 0.179 e. The lowest BCUT2D eigenvalue weighted by molar-refractivity contribution is -0.106. The van der Waals surface area contributed by atoms with E-state index in [1.54, 1.807) is 13.8 Å². The minimum Gasteiger partial charge on any atom is -0.375 e. The third kappa shape index (κ3) is 3.22. The van der Waals surface area contributed by atoms with Crippen LogP contribution in [-0.4, -0.2) is 24.3 Å². The Hall–Kier alpha value is -0.860. The van der Waals surface area contributed by atoms with Gasteiger partial charge in [0.1, 0.15) is 0 Å². The van der Waals surface area contributed by atoms with Gasteiger partial charge >= 0.3 is 0 Å². The van der Waals surface area contributed by atoms with Gasteiger partial charge in [0.05, 0.1) is 1.37 Å². The second-order valence-electron chi connectivity index (χ2n) is 1.75. The van der Waals surface area contributed by atoms with Crippen LogP contribution in [0.1, 0.15) is 15.2 Å². The van der Waals surface area contributed by atoms with Crippen molar-refractivity contribution in [3.63, 3.8) is 0 Å². The van der Waals surface area contributed by atoms with E-state index in [0.29, 0.717) is 13.1 Å². The van der Waals surface area contributed by atoms with Crippen molar-refractivity contribution < 1.29 is 10.6 Å². The third-order valence-electron chi connectivity index (χ3n) is 1.13. The van der Waals surface area contributed by atoms with Crippen molar-refractivity contribution in [1.29, 1.82) is 0 Å². The topological polar surface area (TPSA) is 20.3 Å². The zero-order chi connectivity index (χ0) is 8.85. The second-order valence-corrected chi connectivity index (χ2v) is 1.75. The van der Waals surface area contributed by atoms with Crippen molar-refractivity contribution in [1.82, 2.24) is 4.90 Å². The van der Waals surface area contributed by atoms with Crippen LogP contribution in [-0.2, 0) is 4.79 Å². The quantitative estimate of drug-likeness (QED) is 0.440. The molecule has 58 valence electrons. The third-order valence-corrected chi connectivity index (χ3v) is 1.13. The van der Waals surface area contributed by atoms with Crippen LogP contribution >= 0.6 is 0 Å². The van der Waals surface area contributed by atoms with E-state index >= 15 is 0 Å². The summed E-state index contributed by atoms with van der Waals surface area (Å²) in [5.74, 6) is -1.01. The summed E-state index contributed by atoms with van der Waals surface area (Å²) in [4.78, 5) is 11.4. The first kappa shape index (κ1) is 7.25. The number of aldehydes is 1. The molecular weight excluding hydrogens is 133 g/mol. The average Bonchev–Trinajstić information content (AvgIpc) is 2.05. The maximum absolute atomic E-state index is 12.4. The first-order valence-corrected chi connectivity index (χ1v) is 3.23. The number of nitrogens with zero attached hydrogens (tertiary/aromatic N) is 1. The maximum Gasteiger partial charge on any atom is 0.179 e. The van der Waals surface area contributed by atoms with Crippen LogP contribution in [0.3, 0.4) is 0 Å². The Kier molecular flexibility index (Phi) is 3.60. The summed E-state index contributed by atoms with van der Waals surface area (Å²) in [5.41, 5.74) is 0. The number of carbonyl (C=O) groups is 1. The predicted octanol–water partition coefficient (Wildman–Crippen LogP) is 1.34. The molecule has 0 aromatic heterocycles. The molecule has 0 saturated carbocycles. The Labute approximate surface area is 61.7 Å². The molecule has 10 heavy (non-hydrogen) atoms. The Morgan fingerprint density at radius 2 is 2.20 bits per heavy atom. The average molecular weight is 146 g/mol. The van der Waals surface area contributed by atoms with Crippen molar-refractivity contribution in [3.05, 3.63) is 12.0 Å². The number of hydrogen-bond donors (Lipinski definition) is 0. The molecule has 0 atom stereocenters. The normalized spacial score (nSPS) is 13.7. The van der Waals surface area contributed by atoms with Gasteiger partial charge in [0, 0.05) is 19.3 Å². The van der Waals surface area contributed by atoms with E-state index in [1.807, 2.05) is 0 Å². The van der Waals surface area contributed by atoms with Gasteiger partial charge in [0.2, 0.25) is 0 Å². The van der Waals surface area contributed by atoms with E-state index in [0.717, 1.165) is 0 Å². The molecule has 0 saturated heterocycles. The standard InChI is InChI=1S/C7H12FNO/c1-3-9(4-2)5-7(8)6-10/h5-6H,3-4H2,1-2H3/i5D. The Balaban J connectivity index is 4.40. The summed E-state index contributed by atoms with van der Waals surface area (Å²) >= 11 is 0. The SMILES string of the molecule is [2H]C(=C(F)C=O)N(CC)CC. The number of hydrogen-bond acceptors (Lipinski definition) is 2. The minimum absolute atomic E-state index is 0.0562. The van der Waals surface area contributed by atoms with Crippen LogP contribution in [0.15, 0.2) is 12.0 Å². The molecule has 0 aromatic carbocycles. The highest BCUT2D eigenvalue weighted by molar-refractivity contribution is 5.69. The molecule has 0 unspecified atom stereocenters. The van der Waals surface area contributed by atoms with E-state index < -0.39 is 5.83 Å². The van der Waals surface area contributed by atoms with Crippen molar-refractivity contribution in [2.24, 2.45) is 0 Å². The van der Waals surface area contributed by atoms with Crippen LogP contribution in [0.4, 0.5) is 4.39 Å². The molecule has 0 heterocycles. The zero-order valence-electron chi connectivity index (χ0n) is 7.22. The van der Waals surface area contributed by atoms with Gasteiger partial charge < -0.3 is 4.90 Å². The van der Waals surface area contributed by atoms with Gasteiger partial charge in [-0.1, -0.05) is 0 Å². The summed E-state index contributed by atoms with van der Waals surface area (Å²) in [7, 11) is 0. The zero-order valence-corrected chi connectivity index (χ0v) is 6.22. The molecule has 0 spiro atoms. The Morgan fingerprint density at radius 3 is 2.50 bits per heavy atom. The van der Waals surface area contributed by atoms with Crippen LogP contribution < -0.4 is 0 Å². The largest absolute Gasteiger partial charge is 0.375 e. The van der Waals surface area contributed by atoms with E-state index in [9.17, 15) is 9.18 Å². The van der Waals surface area contributed by atoms with Crippen molar-refractivity contribution in [2.45, 2.75) is 13.8 Å². The second kappa shape index (κ2) is 4.97. The highest BCUT2D eigenvalue weighted by Crippen LogP contribution is 1.95. The number of rotatable bonds is 4. The van der Waals surface area contributed by atoms with Gasteiger partial charge in [0.15, 0.2) is 12.1 Å². The van der Waals surface area contributed by atoms with Crippen molar-refractivity contribution in [2.75, 3.05) is 13.1 Å². The monoisotopic (exact) mass is 146 g/mol. The van der Waals surface area contributed by atoms with Crippen molar-refractivity contribution >= 4 is 6.29 Å². The molecule has 0 aliphatic rings. The molecule has 0 rings (SSSR count). The van der Waals surface area contributed by atoms with Gasteiger partial charge in [-0.3, -0.25) is 4.79 Å². The molecule has 0 aliphatic heterocycles. The molecule has 0 aromatic rings. The van der Waals surface area contributed by atoms with Gasteiger partial charge in [-0.2, -0.15) is 0 Å². The summed E-state index contributed by atoms with van der Waals surface area (Å²) in [6.45, 7) is 4.68. The molecular formula is C7H12FNO. The molecule has 0 N–H and O–H groups in total. The summed E-state index contributed by atoms with van der Waals surface area (Å²) in [6, 6.07) is 0. The van der Waals surface area contributed by atoms with E-state index in [1.165, 1.54) is 4.90 Å².